The second kappa shape index (κ2) is 9.96. The van der Waals surface area contributed by atoms with E-state index in [0.717, 1.165) is 12.8 Å². The molecule has 0 radical (unpaired) electrons. The lowest BCUT2D eigenvalue weighted by atomic mass is 10.1. The number of fused-ring (bicyclic) bond motifs is 1. The van der Waals surface area contributed by atoms with E-state index < -0.39 is 11.5 Å². The topological polar surface area (TPSA) is 66.8 Å². The predicted octanol–water partition coefficient (Wildman–Crippen LogP) is 4.54. The smallest absolute Gasteiger partial charge is 0.308 e. The molecule has 0 saturated heterocycles. The average molecular weight is 399 g/mol. The van der Waals surface area contributed by atoms with E-state index in [4.69, 9.17) is 14.2 Å². The van der Waals surface area contributed by atoms with Gasteiger partial charge in [-0.3, -0.25) is 9.59 Å². The number of hydrogen-bond acceptors (Lipinski definition) is 5. The number of carbonyl (C=O) groups excluding carboxylic acids is 1. The number of ether oxygens (including phenoxy) is 3. The van der Waals surface area contributed by atoms with Crippen molar-refractivity contribution in [3.8, 4) is 17.2 Å². The number of carbonyl (C=O) groups is 1. The van der Waals surface area contributed by atoms with E-state index in [1.165, 1.54) is 22.6 Å². The summed E-state index contributed by atoms with van der Waals surface area (Å²) in [6, 6.07) is 5.32. The van der Waals surface area contributed by atoms with Crippen molar-refractivity contribution in [3.05, 3.63) is 51.9 Å². The fraction of sp³-hybridized carbons (Fsp3) is 0.391. The number of pyridine rings is 1. The van der Waals surface area contributed by atoms with Crippen molar-refractivity contribution in [3.63, 3.8) is 0 Å². The summed E-state index contributed by atoms with van der Waals surface area (Å²) in [5, 5.41) is 0.666. The summed E-state index contributed by atoms with van der Waals surface area (Å²) in [5.41, 5.74) is 2.66. The molecule has 2 aromatic rings. The third kappa shape index (κ3) is 5.73. The number of allylic oxidation sites excluding steroid dienone is 3. The van der Waals surface area contributed by atoms with Gasteiger partial charge in [-0.2, -0.15) is 0 Å². The molecule has 2 rings (SSSR count). The van der Waals surface area contributed by atoms with Crippen molar-refractivity contribution >= 4 is 16.9 Å². The van der Waals surface area contributed by atoms with Crippen molar-refractivity contribution in [1.82, 2.24) is 4.57 Å². The number of nitrogens with zero attached hydrogens (tertiary/aromatic N) is 1. The third-order valence-electron chi connectivity index (χ3n) is 4.51. The maximum atomic E-state index is 12.8. The Hall–Kier alpha value is -3.02. The summed E-state index contributed by atoms with van der Waals surface area (Å²) < 4.78 is 17.8. The normalized spacial score (nSPS) is 11.3. The lowest BCUT2D eigenvalue weighted by Gasteiger charge is -2.16. The first-order chi connectivity index (χ1) is 13.7. The van der Waals surface area contributed by atoms with Crippen molar-refractivity contribution in [1.29, 1.82) is 0 Å². The van der Waals surface area contributed by atoms with E-state index >= 15 is 0 Å². The first-order valence-corrected chi connectivity index (χ1v) is 9.55. The highest BCUT2D eigenvalue weighted by molar-refractivity contribution is 5.89. The fourth-order valence-corrected chi connectivity index (χ4v) is 2.92. The van der Waals surface area contributed by atoms with Gasteiger partial charge in [0.15, 0.2) is 5.75 Å². The molecule has 0 saturated carbocycles. The van der Waals surface area contributed by atoms with Crippen LogP contribution >= 0.6 is 0 Å². The van der Waals surface area contributed by atoms with E-state index in [2.05, 4.69) is 19.9 Å². The maximum Gasteiger partial charge on any atom is 0.308 e. The van der Waals surface area contributed by atoms with Gasteiger partial charge in [-0.1, -0.05) is 17.2 Å². The molecule has 1 aromatic heterocycles. The number of benzene rings is 1. The molecule has 0 atom stereocenters. The first kappa shape index (κ1) is 22.3. The van der Waals surface area contributed by atoms with Gasteiger partial charge in [-0.15, -0.1) is 0 Å². The summed E-state index contributed by atoms with van der Waals surface area (Å²) in [7, 11) is 3.18. The molecule has 0 bridgehead atoms. The fourth-order valence-electron chi connectivity index (χ4n) is 2.92. The van der Waals surface area contributed by atoms with Crippen LogP contribution in [0.3, 0.4) is 0 Å². The first-order valence-electron chi connectivity index (χ1n) is 9.55. The molecular formula is C23H29NO5. The number of rotatable bonds is 8. The molecule has 29 heavy (non-hydrogen) atoms. The Labute approximate surface area is 171 Å². The number of hydrogen-bond donors (Lipinski definition) is 0. The molecule has 0 amide bonds. The number of methoxy groups -OCH3 is 1. The van der Waals surface area contributed by atoms with Crippen LogP contribution in [0.25, 0.3) is 10.9 Å². The highest BCUT2D eigenvalue weighted by Gasteiger charge is 2.20. The van der Waals surface area contributed by atoms with Gasteiger partial charge in [0.1, 0.15) is 12.4 Å². The summed E-state index contributed by atoms with van der Waals surface area (Å²) in [6.45, 7) is 7.73. The highest BCUT2D eigenvalue weighted by Crippen LogP contribution is 2.34. The maximum absolute atomic E-state index is 12.8. The van der Waals surface area contributed by atoms with Gasteiger partial charge in [0, 0.05) is 25.4 Å². The number of aromatic nitrogens is 1. The minimum atomic E-state index is -0.576. The van der Waals surface area contributed by atoms with Gasteiger partial charge in [-0.05, 0) is 51.8 Å². The molecule has 1 aromatic carbocycles. The van der Waals surface area contributed by atoms with Gasteiger partial charge in [0.2, 0.25) is 5.75 Å². The minimum Gasteiger partial charge on any atom is -0.497 e. The van der Waals surface area contributed by atoms with E-state index in [9.17, 15) is 9.59 Å². The zero-order chi connectivity index (χ0) is 21.6. The molecule has 6 nitrogen and oxygen atoms in total. The summed E-state index contributed by atoms with van der Waals surface area (Å²) in [4.78, 5) is 24.3. The van der Waals surface area contributed by atoms with Crippen molar-refractivity contribution in [2.45, 2.75) is 40.5 Å². The van der Waals surface area contributed by atoms with Crippen molar-refractivity contribution < 1.29 is 19.0 Å². The lowest BCUT2D eigenvalue weighted by molar-refractivity contribution is -0.132. The third-order valence-corrected chi connectivity index (χ3v) is 4.51. The lowest BCUT2D eigenvalue weighted by Crippen LogP contribution is -2.22. The standard InChI is InChI=1S/C23H29NO5/c1-15(2)8-7-9-16(3)12-13-28-21-19-11-10-18(27-6)14-20(19)24(5)23(26)22(21)29-17(4)25/h8,10-12,14H,7,9,13H2,1-6H3/b16-12+. The summed E-state index contributed by atoms with van der Waals surface area (Å²) in [6.07, 6.45) is 6.07. The van der Waals surface area contributed by atoms with Crippen LogP contribution in [-0.4, -0.2) is 24.3 Å². The van der Waals surface area contributed by atoms with Crippen LogP contribution in [0.2, 0.25) is 0 Å². The Morgan fingerprint density at radius 2 is 1.83 bits per heavy atom. The summed E-state index contributed by atoms with van der Waals surface area (Å²) >= 11 is 0. The Morgan fingerprint density at radius 3 is 2.45 bits per heavy atom. The molecule has 0 aliphatic rings. The van der Waals surface area contributed by atoms with Crippen LogP contribution in [0.4, 0.5) is 0 Å². The Morgan fingerprint density at radius 1 is 1.10 bits per heavy atom. The van der Waals surface area contributed by atoms with Crippen molar-refractivity contribution in [2.75, 3.05) is 13.7 Å². The molecule has 0 fully saturated rings. The van der Waals surface area contributed by atoms with E-state index in [-0.39, 0.29) is 18.1 Å². The Bertz CT molecular complexity index is 1010. The van der Waals surface area contributed by atoms with Crippen LogP contribution in [0.1, 0.15) is 40.5 Å². The number of esters is 1. The largest absolute Gasteiger partial charge is 0.497 e. The van der Waals surface area contributed by atoms with Crippen LogP contribution in [0.5, 0.6) is 17.2 Å². The second-order valence-electron chi connectivity index (χ2n) is 7.18. The van der Waals surface area contributed by atoms with Gasteiger partial charge in [-0.25, -0.2) is 0 Å². The minimum absolute atomic E-state index is 0.103. The van der Waals surface area contributed by atoms with Crippen molar-refractivity contribution in [2.24, 2.45) is 7.05 Å². The zero-order valence-electron chi connectivity index (χ0n) is 18.0. The molecule has 0 aliphatic heterocycles. The van der Waals surface area contributed by atoms with E-state index in [1.807, 2.05) is 13.0 Å². The predicted molar refractivity (Wildman–Crippen MR) is 115 cm³/mol. The highest BCUT2D eigenvalue weighted by atomic mass is 16.6. The second-order valence-corrected chi connectivity index (χ2v) is 7.18. The Balaban J connectivity index is 2.41. The molecule has 156 valence electrons. The monoisotopic (exact) mass is 399 g/mol. The number of aryl methyl sites for hydroxylation is 1. The zero-order valence-corrected chi connectivity index (χ0v) is 18.0. The molecule has 0 unspecified atom stereocenters. The molecular weight excluding hydrogens is 370 g/mol. The quantitative estimate of drug-likeness (QED) is 0.481. The van der Waals surface area contributed by atoms with Gasteiger partial charge < -0.3 is 18.8 Å². The summed E-state index contributed by atoms with van der Waals surface area (Å²) in [5.74, 6) is 0.199. The molecule has 0 N–H and O–H groups in total. The van der Waals surface area contributed by atoms with Gasteiger partial charge >= 0.3 is 5.97 Å². The molecule has 1 heterocycles. The van der Waals surface area contributed by atoms with Crippen LogP contribution in [-0.2, 0) is 11.8 Å². The van der Waals surface area contributed by atoms with Gasteiger partial charge in [0.25, 0.3) is 5.56 Å². The molecule has 6 heteroatoms. The Kier molecular flexibility index (Phi) is 7.65. The van der Waals surface area contributed by atoms with Gasteiger partial charge in [0.05, 0.1) is 12.6 Å². The molecule has 0 aliphatic carbocycles. The van der Waals surface area contributed by atoms with Crippen LogP contribution in [0.15, 0.2) is 46.3 Å². The average Bonchev–Trinajstić information content (AvgIpc) is 2.67. The van der Waals surface area contributed by atoms with E-state index in [1.54, 1.807) is 32.4 Å². The van der Waals surface area contributed by atoms with Crippen LogP contribution in [0, 0.1) is 0 Å². The molecule has 0 spiro atoms. The van der Waals surface area contributed by atoms with E-state index in [0.29, 0.717) is 16.7 Å². The SMILES string of the molecule is COc1ccc2c(OC/C=C(\C)CCC=C(C)C)c(OC(C)=O)c(=O)n(C)c2c1. The van der Waals surface area contributed by atoms with Crippen LogP contribution < -0.4 is 19.8 Å².